The van der Waals surface area contributed by atoms with Crippen molar-refractivity contribution in [1.82, 2.24) is 15.2 Å². The van der Waals surface area contributed by atoms with Crippen molar-refractivity contribution in [1.29, 1.82) is 0 Å². The topological polar surface area (TPSA) is 107 Å². The molecule has 1 atom stereocenters. The molecule has 1 unspecified atom stereocenters. The van der Waals surface area contributed by atoms with Crippen molar-refractivity contribution in [2.24, 2.45) is 0 Å². The molecule has 1 fully saturated rings. The van der Waals surface area contributed by atoms with Gasteiger partial charge in [0.2, 0.25) is 0 Å². The molecule has 1 aromatic heterocycles. The van der Waals surface area contributed by atoms with Gasteiger partial charge >= 0.3 is 5.69 Å². The molecule has 1 amide bonds. The molecular formula is C28H32N4O5. The molecule has 2 heterocycles. The number of nitrogens with zero attached hydrogens (tertiary/aromatic N) is 3. The molecule has 1 aliphatic heterocycles. The van der Waals surface area contributed by atoms with Gasteiger partial charge < -0.3 is 19.7 Å². The van der Waals surface area contributed by atoms with Crippen molar-refractivity contribution in [3.8, 4) is 28.1 Å². The first kappa shape index (κ1) is 26.2. The Balaban J connectivity index is 1.88. The number of ether oxygens (including phenoxy) is 2. The Morgan fingerprint density at radius 1 is 1.19 bits per heavy atom. The number of hydrogen-bond acceptors (Lipinski definition) is 7. The van der Waals surface area contributed by atoms with Crippen molar-refractivity contribution < 1.29 is 19.2 Å². The Morgan fingerprint density at radius 3 is 2.62 bits per heavy atom. The van der Waals surface area contributed by atoms with Gasteiger partial charge in [0.25, 0.3) is 5.91 Å². The molecule has 194 valence electrons. The summed E-state index contributed by atoms with van der Waals surface area (Å²) in [6, 6.07) is 16.3. The Morgan fingerprint density at radius 2 is 1.97 bits per heavy atom. The molecule has 0 spiro atoms. The number of morpholine rings is 1. The van der Waals surface area contributed by atoms with Crippen LogP contribution in [0.4, 0.5) is 5.69 Å². The second-order valence-electron chi connectivity index (χ2n) is 8.79. The van der Waals surface area contributed by atoms with E-state index < -0.39 is 11.2 Å². The summed E-state index contributed by atoms with van der Waals surface area (Å²) in [7, 11) is 0. The molecule has 1 saturated heterocycles. The predicted molar refractivity (Wildman–Crippen MR) is 142 cm³/mol. The van der Waals surface area contributed by atoms with E-state index in [4.69, 9.17) is 14.5 Å². The van der Waals surface area contributed by atoms with E-state index in [1.165, 1.54) is 6.07 Å². The highest BCUT2D eigenvalue weighted by molar-refractivity contribution is 6.03. The Kier molecular flexibility index (Phi) is 8.47. The summed E-state index contributed by atoms with van der Waals surface area (Å²) in [5.74, 6) is -0.0285. The molecule has 2 aromatic carbocycles. The van der Waals surface area contributed by atoms with Gasteiger partial charge in [-0.3, -0.25) is 19.9 Å². The molecular weight excluding hydrogens is 472 g/mol. The minimum Gasteiger partial charge on any atom is -0.487 e. The highest BCUT2D eigenvalue weighted by Crippen LogP contribution is 2.37. The third kappa shape index (κ3) is 5.79. The standard InChI is InChI=1S/C28H32N4O5/c1-4-14-36-25-12-11-21(16-24(25)32(34)35)22-17-23(20-9-7-6-8-10-20)30-19(3)27(22)28(33)31(5-2)26-18-29-13-15-37-26/h6-12,16-17,26,29H,4-5,13-15,18H2,1-3H3. The Labute approximate surface area is 216 Å². The van der Waals surface area contributed by atoms with Gasteiger partial charge in [-0.05, 0) is 43.5 Å². The molecule has 9 nitrogen and oxygen atoms in total. The lowest BCUT2D eigenvalue weighted by molar-refractivity contribution is -0.385. The van der Waals surface area contributed by atoms with Crippen LogP contribution in [0.1, 0.15) is 36.3 Å². The van der Waals surface area contributed by atoms with Crippen molar-refractivity contribution >= 4 is 11.6 Å². The van der Waals surface area contributed by atoms with Gasteiger partial charge in [-0.15, -0.1) is 0 Å². The first-order valence-corrected chi connectivity index (χ1v) is 12.6. The highest BCUT2D eigenvalue weighted by Gasteiger charge is 2.30. The van der Waals surface area contributed by atoms with Gasteiger partial charge in [0.15, 0.2) is 5.75 Å². The van der Waals surface area contributed by atoms with E-state index in [0.717, 1.165) is 18.5 Å². The van der Waals surface area contributed by atoms with Crippen LogP contribution in [0.2, 0.25) is 0 Å². The number of rotatable bonds is 9. The molecule has 0 saturated carbocycles. The molecule has 1 aliphatic rings. The van der Waals surface area contributed by atoms with Crippen LogP contribution < -0.4 is 10.1 Å². The number of carbonyl (C=O) groups excluding carboxylic acids is 1. The predicted octanol–water partition coefficient (Wildman–Crippen LogP) is 4.83. The number of likely N-dealkylation sites (N-methyl/N-ethyl adjacent to an activating group) is 1. The maximum atomic E-state index is 14.0. The number of benzene rings is 2. The average Bonchev–Trinajstić information content (AvgIpc) is 2.92. The van der Waals surface area contributed by atoms with Crippen LogP contribution in [-0.2, 0) is 4.74 Å². The average molecular weight is 505 g/mol. The van der Waals surface area contributed by atoms with E-state index in [2.05, 4.69) is 5.32 Å². The summed E-state index contributed by atoms with van der Waals surface area (Å²) >= 11 is 0. The molecule has 0 aliphatic carbocycles. The normalized spacial score (nSPS) is 15.3. The minimum atomic E-state index is -0.456. The van der Waals surface area contributed by atoms with Gasteiger partial charge in [0.1, 0.15) is 6.23 Å². The monoisotopic (exact) mass is 504 g/mol. The van der Waals surface area contributed by atoms with E-state index in [0.29, 0.717) is 54.4 Å². The summed E-state index contributed by atoms with van der Waals surface area (Å²) in [6.07, 6.45) is 0.318. The number of aryl methyl sites for hydroxylation is 1. The van der Waals surface area contributed by atoms with Crippen molar-refractivity contribution in [2.75, 3.05) is 32.8 Å². The van der Waals surface area contributed by atoms with Crippen molar-refractivity contribution in [3.05, 3.63) is 76.0 Å². The zero-order valence-electron chi connectivity index (χ0n) is 21.4. The Hall–Kier alpha value is -3.82. The van der Waals surface area contributed by atoms with Gasteiger partial charge in [0, 0.05) is 31.3 Å². The van der Waals surface area contributed by atoms with Crippen molar-refractivity contribution in [2.45, 2.75) is 33.4 Å². The molecule has 37 heavy (non-hydrogen) atoms. The van der Waals surface area contributed by atoms with E-state index in [-0.39, 0.29) is 17.3 Å². The molecule has 9 heteroatoms. The van der Waals surface area contributed by atoms with Gasteiger partial charge in [0.05, 0.1) is 35.1 Å². The van der Waals surface area contributed by atoms with Gasteiger partial charge in [-0.1, -0.05) is 43.3 Å². The maximum absolute atomic E-state index is 14.0. The molecule has 0 radical (unpaired) electrons. The maximum Gasteiger partial charge on any atom is 0.311 e. The van der Waals surface area contributed by atoms with Crippen LogP contribution in [0.5, 0.6) is 5.75 Å². The Bertz CT molecular complexity index is 1260. The number of carbonyl (C=O) groups is 1. The summed E-state index contributed by atoms with van der Waals surface area (Å²) < 4.78 is 11.5. The number of amides is 1. The van der Waals surface area contributed by atoms with Crippen LogP contribution in [0.25, 0.3) is 22.4 Å². The zero-order valence-corrected chi connectivity index (χ0v) is 21.4. The SMILES string of the molecule is CCCOc1ccc(-c2cc(-c3ccccc3)nc(C)c2C(=O)N(CC)C2CNCCO2)cc1[N+](=O)[O-]. The lowest BCUT2D eigenvalue weighted by Crippen LogP contribution is -2.51. The fourth-order valence-electron chi connectivity index (χ4n) is 4.46. The van der Waals surface area contributed by atoms with E-state index >= 15 is 0 Å². The second kappa shape index (κ2) is 11.9. The van der Waals surface area contributed by atoms with E-state index in [1.807, 2.05) is 50.2 Å². The third-order valence-electron chi connectivity index (χ3n) is 6.27. The van der Waals surface area contributed by atoms with E-state index in [9.17, 15) is 14.9 Å². The number of hydrogen-bond donors (Lipinski definition) is 1. The van der Waals surface area contributed by atoms with Gasteiger partial charge in [-0.25, -0.2) is 0 Å². The second-order valence-corrected chi connectivity index (χ2v) is 8.79. The molecule has 1 N–H and O–H groups in total. The number of nitro groups is 1. The number of nitrogens with one attached hydrogen (secondary N) is 1. The van der Waals surface area contributed by atoms with Crippen LogP contribution in [0.3, 0.4) is 0 Å². The fraction of sp³-hybridized carbons (Fsp3) is 0.357. The molecule has 3 aromatic rings. The summed E-state index contributed by atoms with van der Waals surface area (Å²) in [5.41, 5.74) is 3.47. The minimum absolute atomic E-state index is 0.146. The fourth-order valence-corrected chi connectivity index (χ4v) is 4.46. The van der Waals surface area contributed by atoms with Gasteiger partial charge in [-0.2, -0.15) is 0 Å². The zero-order chi connectivity index (χ0) is 26.4. The smallest absolute Gasteiger partial charge is 0.311 e. The summed E-state index contributed by atoms with van der Waals surface area (Å²) in [4.78, 5) is 31.9. The summed E-state index contributed by atoms with van der Waals surface area (Å²) in [5, 5.41) is 15.2. The molecule has 0 bridgehead atoms. The van der Waals surface area contributed by atoms with Crippen LogP contribution in [0, 0.1) is 17.0 Å². The lowest BCUT2D eigenvalue weighted by atomic mass is 9.95. The van der Waals surface area contributed by atoms with Crippen LogP contribution in [-0.4, -0.2) is 59.8 Å². The van der Waals surface area contributed by atoms with E-state index in [1.54, 1.807) is 24.0 Å². The van der Waals surface area contributed by atoms with Crippen LogP contribution in [0.15, 0.2) is 54.6 Å². The number of aromatic nitrogens is 1. The number of nitro benzene ring substituents is 1. The summed E-state index contributed by atoms with van der Waals surface area (Å²) in [6.45, 7) is 8.22. The first-order chi connectivity index (χ1) is 17.9. The lowest BCUT2D eigenvalue weighted by Gasteiger charge is -2.34. The first-order valence-electron chi connectivity index (χ1n) is 12.6. The molecule has 4 rings (SSSR count). The number of pyridine rings is 1. The highest BCUT2D eigenvalue weighted by atomic mass is 16.6. The van der Waals surface area contributed by atoms with Crippen LogP contribution >= 0.6 is 0 Å². The van der Waals surface area contributed by atoms with Crippen molar-refractivity contribution in [3.63, 3.8) is 0 Å². The largest absolute Gasteiger partial charge is 0.487 e. The quantitative estimate of drug-likeness (QED) is 0.329. The third-order valence-corrected chi connectivity index (χ3v) is 6.27.